The number of primary amides is 1. The van der Waals surface area contributed by atoms with Gasteiger partial charge in [0.15, 0.2) is 0 Å². The third-order valence-corrected chi connectivity index (χ3v) is 3.13. The van der Waals surface area contributed by atoms with Crippen molar-refractivity contribution in [3.63, 3.8) is 0 Å². The molecular formula is C10H21N3O2. The largest absolute Gasteiger partial charge is 0.368 e. The Balaban J connectivity index is 3.09. The van der Waals surface area contributed by atoms with Crippen LogP contribution in [0.1, 0.15) is 40.5 Å². The molecule has 0 radical (unpaired) electrons. The minimum absolute atomic E-state index is 0.356. The van der Waals surface area contributed by atoms with Crippen molar-refractivity contribution in [1.82, 2.24) is 5.06 Å². The number of carbonyl (C=O) groups excluding carboxylic acids is 1. The average Bonchev–Trinajstić information content (AvgIpc) is 1.98. The van der Waals surface area contributed by atoms with Crippen molar-refractivity contribution < 1.29 is 10.0 Å². The zero-order chi connectivity index (χ0) is 12.1. The first-order valence-corrected chi connectivity index (χ1v) is 5.09. The van der Waals surface area contributed by atoms with E-state index in [2.05, 4.69) is 0 Å². The van der Waals surface area contributed by atoms with Crippen LogP contribution in [0.25, 0.3) is 0 Å². The van der Waals surface area contributed by atoms with Gasteiger partial charge in [0.2, 0.25) is 5.91 Å². The molecule has 1 aliphatic rings. The minimum Gasteiger partial charge on any atom is -0.368 e. The zero-order valence-corrected chi connectivity index (χ0v) is 9.87. The smallest absolute Gasteiger partial charge is 0.237 e. The van der Waals surface area contributed by atoms with Crippen LogP contribution >= 0.6 is 0 Å². The molecule has 0 unspecified atom stereocenters. The molecule has 0 bridgehead atoms. The van der Waals surface area contributed by atoms with E-state index >= 15 is 0 Å². The molecule has 1 heterocycles. The minimum atomic E-state index is -1.04. The second-order valence-corrected chi connectivity index (χ2v) is 5.81. The fourth-order valence-electron chi connectivity index (χ4n) is 2.75. The molecule has 0 aromatic rings. The molecule has 0 aromatic heterocycles. The Morgan fingerprint density at radius 2 is 1.53 bits per heavy atom. The number of piperidine rings is 1. The number of hydroxylamine groups is 2. The number of nitrogens with two attached hydrogens (primary N) is 2. The van der Waals surface area contributed by atoms with Gasteiger partial charge in [-0.25, -0.2) is 0 Å². The lowest BCUT2D eigenvalue weighted by Crippen LogP contribution is -2.70. The van der Waals surface area contributed by atoms with Crippen molar-refractivity contribution in [3.05, 3.63) is 0 Å². The molecule has 88 valence electrons. The number of nitrogens with zero attached hydrogens (tertiary/aromatic N) is 1. The molecule has 5 heteroatoms. The van der Waals surface area contributed by atoms with Gasteiger partial charge in [0.25, 0.3) is 0 Å². The van der Waals surface area contributed by atoms with Crippen LogP contribution in [-0.2, 0) is 4.79 Å². The molecule has 0 aliphatic carbocycles. The Hall–Kier alpha value is -0.650. The lowest BCUT2D eigenvalue weighted by molar-refractivity contribution is -0.251. The molecule has 1 fully saturated rings. The van der Waals surface area contributed by atoms with Crippen molar-refractivity contribution in [2.75, 3.05) is 0 Å². The van der Waals surface area contributed by atoms with Crippen LogP contribution in [0.4, 0.5) is 0 Å². The highest BCUT2D eigenvalue weighted by Gasteiger charge is 2.53. The normalized spacial score (nSPS) is 28.7. The van der Waals surface area contributed by atoms with E-state index in [0.29, 0.717) is 12.8 Å². The van der Waals surface area contributed by atoms with Gasteiger partial charge < -0.3 is 16.7 Å². The van der Waals surface area contributed by atoms with Gasteiger partial charge in [-0.05, 0) is 40.5 Å². The Kier molecular flexibility index (Phi) is 2.62. The number of hydrogen-bond acceptors (Lipinski definition) is 4. The summed E-state index contributed by atoms with van der Waals surface area (Å²) in [5, 5.41) is 11.3. The second kappa shape index (κ2) is 3.17. The SMILES string of the molecule is CC1(C)CC(N)(C(N)=O)CC(C)(C)N1O. The predicted molar refractivity (Wildman–Crippen MR) is 57.1 cm³/mol. The molecule has 0 saturated carbocycles. The average molecular weight is 215 g/mol. The summed E-state index contributed by atoms with van der Waals surface area (Å²) in [4.78, 5) is 11.4. The lowest BCUT2D eigenvalue weighted by Gasteiger charge is -2.54. The summed E-state index contributed by atoms with van der Waals surface area (Å²) in [6.07, 6.45) is 0.713. The second-order valence-electron chi connectivity index (χ2n) is 5.81. The molecule has 15 heavy (non-hydrogen) atoms. The van der Waals surface area contributed by atoms with E-state index in [9.17, 15) is 10.0 Å². The Morgan fingerprint density at radius 1 is 1.20 bits per heavy atom. The summed E-state index contributed by atoms with van der Waals surface area (Å²) in [5.74, 6) is -0.503. The lowest BCUT2D eigenvalue weighted by atomic mass is 9.70. The van der Waals surface area contributed by atoms with Crippen LogP contribution in [0.2, 0.25) is 0 Å². The maximum atomic E-state index is 11.4. The summed E-state index contributed by atoms with van der Waals surface area (Å²) in [7, 11) is 0. The summed E-state index contributed by atoms with van der Waals surface area (Å²) in [6, 6.07) is 0. The van der Waals surface area contributed by atoms with Gasteiger partial charge in [-0.2, -0.15) is 5.06 Å². The Labute approximate surface area is 90.4 Å². The monoisotopic (exact) mass is 215 g/mol. The van der Waals surface area contributed by atoms with Gasteiger partial charge >= 0.3 is 0 Å². The van der Waals surface area contributed by atoms with Gasteiger partial charge in [0.05, 0.1) is 5.54 Å². The van der Waals surface area contributed by atoms with Crippen molar-refractivity contribution >= 4 is 5.91 Å². The van der Waals surface area contributed by atoms with E-state index in [1.807, 2.05) is 27.7 Å². The number of carbonyl (C=O) groups is 1. The first kappa shape index (κ1) is 12.4. The fraction of sp³-hybridized carbons (Fsp3) is 0.900. The van der Waals surface area contributed by atoms with E-state index in [1.165, 1.54) is 5.06 Å². The third kappa shape index (κ3) is 2.00. The molecule has 1 saturated heterocycles. The quantitative estimate of drug-likeness (QED) is 0.583. The highest BCUT2D eigenvalue weighted by atomic mass is 16.5. The molecule has 1 rings (SSSR count). The van der Waals surface area contributed by atoms with Gasteiger partial charge in [0, 0.05) is 11.1 Å². The highest BCUT2D eigenvalue weighted by molar-refractivity contribution is 5.84. The summed E-state index contributed by atoms with van der Waals surface area (Å²) < 4.78 is 0. The van der Waals surface area contributed by atoms with E-state index in [0.717, 1.165) is 0 Å². The van der Waals surface area contributed by atoms with Crippen LogP contribution in [-0.4, -0.2) is 32.8 Å². The van der Waals surface area contributed by atoms with Gasteiger partial charge in [0.1, 0.15) is 0 Å². The standard InChI is InChI=1S/C10H21N3O2/c1-8(2)5-10(12,7(11)14)6-9(3,4)13(8)15/h15H,5-6,12H2,1-4H3,(H2,11,14). The van der Waals surface area contributed by atoms with Crippen LogP contribution in [0.3, 0.4) is 0 Å². The Morgan fingerprint density at radius 3 is 1.80 bits per heavy atom. The highest BCUT2D eigenvalue weighted by Crippen LogP contribution is 2.40. The maximum Gasteiger partial charge on any atom is 0.237 e. The van der Waals surface area contributed by atoms with Crippen molar-refractivity contribution in [1.29, 1.82) is 0 Å². The van der Waals surface area contributed by atoms with Gasteiger partial charge in [-0.1, -0.05) is 0 Å². The molecular weight excluding hydrogens is 194 g/mol. The van der Waals surface area contributed by atoms with Crippen molar-refractivity contribution in [2.45, 2.75) is 57.2 Å². The van der Waals surface area contributed by atoms with E-state index in [-0.39, 0.29) is 0 Å². The summed E-state index contributed by atoms with van der Waals surface area (Å²) >= 11 is 0. The molecule has 0 aromatic carbocycles. The summed E-state index contributed by atoms with van der Waals surface area (Å²) in [5.41, 5.74) is 9.19. The molecule has 1 aliphatic heterocycles. The van der Waals surface area contributed by atoms with Gasteiger partial charge in [-0.3, -0.25) is 4.79 Å². The molecule has 0 spiro atoms. The van der Waals surface area contributed by atoms with Crippen molar-refractivity contribution in [2.24, 2.45) is 11.5 Å². The van der Waals surface area contributed by atoms with Gasteiger partial charge in [-0.15, -0.1) is 0 Å². The number of amides is 1. The molecule has 0 atom stereocenters. The Bertz CT molecular complexity index is 268. The third-order valence-electron chi connectivity index (χ3n) is 3.13. The van der Waals surface area contributed by atoms with Crippen molar-refractivity contribution in [3.8, 4) is 0 Å². The van der Waals surface area contributed by atoms with E-state index in [4.69, 9.17) is 11.5 Å². The molecule has 1 amide bonds. The van der Waals surface area contributed by atoms with Crippen LogP contribution in [0, 0.1) is 0 Å². The molecule has 5 N–H and O–H groups in total. The zero-order valence-electron chi connectivity index (χ0n) is 9.87. The topological polar surface area (TPSA) is 92.6 Å². The fourth-order valence-corrected chi connectivity index (χ4v) is 2.75. The van der Waals surface area contributed by atoms with E-state index < -0.39 is 22.5 Å². The first-order chi connectivity index (χ1) is 6.51. The van der Waals surface area contributed by atoms with Crippen LogP contribution < -0.4 is 11.5 Å². The summed E-state index contributed by atoms with van der Waals surface area (Å²) in [6.45, 7) is 7.38. The maximum absolute atomic E-state index is 11.4. The predicted octanol–water partition coefficient (Wildman–Crippen LogP) is 0.211. The number of hydrogen-bond donors (Lipinski definition) is 3. The molecule has 5 nitrogen and oxygen atoms in total. The number of rotatable bonds is 1. The van der Waals surface area contributed by atoms with Crippen LogP contribution in [0.5, 0.6) is 0 Å². The van der Waals surface area contributed by atoms with Crippen LogP contribution in [0.15, 0.2) is 0 Å². The first-order valence-electron chi connectivity index (χ1n) is 5.09. The van der Waals surface area contributed by atoms with E-state index in [1.54, 1.807) is 0 Å².